The number of nitro groups is 1. The number of aryl methyl sites for hydroxylation is 1. The molecule has 0 saturated carbocycles. The Bertz CT molecular complexity index is 847. The lowest BCUT2D eigenvalue weighted by Gasteiger charge is -2.15. The molecule has 0 saturated heterocycles. The van der Waals surface area contributed by atoms with Gasteiger partial charge in [0.1, 0.15) is 5.75 Å². The van der Waals surface area contributed by atoms with Crippen LogP contribution in [0.25, 0.3) is 0 Å². The van der Waals surface area contributed by atoms with Gasteiger partial charge in [-0.15, -0.1) is 0 Å². The zero-order chi connectivity index (χ0) is 17.9. The van der Waals surface area contributed by atoms with Gasteiger partial charge in [-0.25, -0.2) is 13.1 Å². The number of rotatable bonds is 6. The first kappa shape index (κ1) is 17.9. The molecule has 2 aromatic carbocycles. The van der Waals surface area contributed by atoms with Crippen molar-refractivity contribution in [3.8, 4) is 5.75 Å². The molecule has 128 valence electrons. The van der Waals surface area contributed by atoms with Gasteiger partial charge in [-0.05, 0) is 37.6 Å². The fraction of sp³-hybridized carbons (Fsp3) is 0.250. The summed E-state index contributed by atoms with van der Waals surface area (Å²) in [7, 11) is -2.33. The van der Waals surface area contributed by atoms with Crippen LogP contribution < -0.4 is 9.46 Å². The molecule has 2 rings (SSSR count). The third kappa shape index (κ3) is 3.90. The van der Waals surface area contributed by atoms with Crippen LogP contribution in [-0.2, 0) is 10.0 Å². The molecule has 2 aromatic rings. The van der Waals surface area contributed by atoms with Crippen LogP contribution in [0, 0.1) is 17.0 Å². The van der Waals surface area contributed by atoms with E-state index >= 15 is 0 Å². The predicted octanol–water partition coefficient (Wildman–Crippen LogP) is 2.95. The number of ether oxygens (including phenoxy) is 1. The minimum atomic E-state index is -3.88. The van der Waals surface area contributed by atoms with E-state index in [1.54, 1.807) is 45.2 Å². The Balaban J connectivity index is 2.27. The molecule has 0 heterocycles. The second-order valence-electron chi connectivity index (χ2n) is 5.32. The molecular weight excluding hydrogens is 332 g/mol. The van der Waals surface area contributed by atoms with E-state index in [1.807, 2.05) is 0 Å². The first-order valence-corrected chi connectivity index (χ1v) is 8.64. The van der Waals surface area contributed by atoms with Crippen molar-refractivity contribution < 1.29 is 18.1 Å². The SMILES string of the molecule is COc1ccc([C@@H](C)NS(=O)(=O)c2ccc(C)c([N+](=O)[O-])c2)cc1. The van der Waals surface area contributed by atoms with E-state index < -0.39 is 21.0 Å². The average molecular weight is 350 g/mol. The highest BCUT2D eigenvalue weighted by Crippen LogP contribution is 2.24. The van der Waals surface area contributed by atoms with Crippen LogP contribution in [0.2, 0.25) is 0 Å². The summed E-state index contributed by atoms with van der Waals surface area (Å²) in [5, 5.41) is 11.0. The summed E-state index contributed by atoms with van der Waals surface area (Å²) in [6.45, 7) is 3.25. The van der Waals surface area contributed by atoms with Crippen LogP contribution in [-0.4, -0.2) is 20.5 Å². The standard InChI is InChI=1S/C16H18N2O5S/c1-11-4-9-15(10-16(11)18(19)20)24(21,22)17-12(2)13-5-7-14(23-3)8-6-13/h4-10,12,17H,1-3H3/t12-/m1/s1. The van der Waals surface area contributed by atoms with E-state index in [0.717, 1.165) is 11.6 Å². The zero-order valence-electron chi connectivity index (χ0n) is 13.5. The molecule has 0 spiro atoms. The first-order chi connectivity index (χ1) is 11.2. The Morgan fingerprint density at radius 2 is 1.79 bits per heavy atom. The number of nitrogens with one attached hydrogen (secondary N) is 1. The maximum atomic E-state index is 12.5. The van der Waals surface area contributed by atoms with Gasteiger partial charge in [0, 0.05) is 17.7 Å². The number of nitro benzene ring substituents is 1. The highest BCUT2D eigenvalue weighted by atomic mass is 32.2. The van der Waals surface area contributed by atoms with Crippen LogP contribution in [0.15, 0.2) is 47.4 Å². The zero-order valence-corrected chi connectivity index (χ0v) is 14.3. The molecule has 24 heavy (non-hydrogen) atoms. The Labute approximate surface area is 140 Å². The van der Waals surface area contributed by atoms with Crippen molar-refractivity contribution in [1.82, 2.24) is 4.72 Å². The van der Waals surface area contributed by atoms with Gasteiger partial charge in [0.25, 0.3) is 5.69 Å². The molecule has 1 atom stereocenters. The maximum absolute atomic E-state index is 12.5. The van der Waals surface area contributed by atoms with Crippen LogP contribution in [0.5, 0.6) is 5.75 Å². The van der Waals surface area contributed by atoms with Crippen molar-refractivity contribution in [1.29, 1.82) is 0 Å². The molecule has 1 N–H and O–H groups in total. The largest absolute Gasteiger partial charge is 0.497 e. The van der Waals surface area contributed by atoms with Crippen molar-refractivity contribution >= 4 is 15.7 Å². The fourth-order valence-electron chi connectivity index (χ4n) is 2.21. The monoisotopic (exact) mass is 350 g/mol. The number of sulfonamides is 1. The molecule has 0 aliphatic rings. The molecule has 8 heteroatoms. The highest BCUT2D eigenvalue weighted by molar-refractivity contribution is 7.89. The molecule has 0 aliphatic heterocycles. The lowest BCUT2D eigenvalue weighted by atomic mass is 10.1. The van der Waals surface area contributed by atoms with Gasteiger partial charge < -0.3 is 4.74 Å². The van der Waals surface area contributed by atoms with Gasteiger partial charge in [0.05, 0.1) is 16.9 Å². The van der Waals surface area contributed by atoms with Gasteiger partial charge >= 0.3 is 0 Å². The summed E-state index contributed by atoms with van der Waals surface area (Å²) >= 11 is 0. The van der Waals surface area contributed by atoms with Crippen molar-refractivity contribution in [2.75, 3.05) is 7.11 Å². The lowest BCUT2D eigenvalue weighted by Crippen LogP contribution is -2.27. The second kappa shape index (κ2) is 6.98. The van der Waals surface area contributed by atoms with Crippen molar-refractivity contribution in [3.05, 3.63) is 63.7 Å². The number of hydrogen-bond acceptors (Lipinski definition) is 5. The van der Waals surface area contributed by atoms with Crippen molar-refractivity contribution in [2.24, 2.45) is 0 Å². The first-order valence-electron chi connectivity index (χ1n) is 7.16. The van der Waals surface area contributed by atoms with Gasteiger partial charge in [0.15, 0.2) is 0 Å². The van der Waals surface area contributed by atoms with E-state index in [9.17, 15) is 18.5 Å². The van der Waals surface area contributed by atoms with Gasteiger partial charge in [-0.2, -0.15) is 0 Å². The lowest BCUT2D eigenvalue weighted by molar-refractivity contribution is -0.385. The minimum absolute atomic E-state index is 0.139. The van der Waals surface area contributed by atoms with Crippen LogP contribution in [0.3, 0.4) is 0 Å². The Morgan fingerprint density at radius 1 is 1.17 bits per heavy atom. The normalized spacial score (nSPS) is 12.6. The third-order valence-corrected chi connectivity index (χ3v) is 5.17. The van der Waals surface area contributed by atoms with Gasteiger partial charge in [-0.1, -0.05) is 18.2 Å². The highest BCUT2D eigenvalue weighted by Gasteiger charge is 2.22. The van der Waals surface area contributed by atoms with Crippen molar-refractivity contribution in [2.45, 2.75) is 24.8 Å². The molecule has 0 unspecified atom stereocenters. The smallest absolute Gasteiger partial charge is 0.273 e. The van der Waals surface area contributed by atoms with E-state index in [0.29, 0.717) is 11.3 Å². The number of hydrogen-bond donors (Lipinski definition) is 1. The van der Waals surface area contributed by atoms with E-state index in [1.165, 1.54) is 12.1 Å². The quantitative estimate of drug-likeness (QED) is 0.638. The van der Waals surface area contributed by atoms with Crippen LogP contribution >= 0.6 is 0 Å². The van der Waals surface area contributed by atoms with Crippen LogP contribution in [0.1, 0.15) is 24.1 Å². The second-order valence-corrected chi connectivity index (χ2v) is 7.04. The summed E-state index contributed by atoms with van der Waals surface area (Å²) in [6, 6.07) is 10.3. The number of methoxy groups -OCH3 is 1. The van der Waals surface area contributed by atoms with E-state index in [2.05, 4.69) is 4.72 Å². The summed E-state index contributed by atoms with van der Waals surface area (Å²) in [5.74, 6) is 0.669. The molecule has 0 amide bonds. The number of nitrogens with zero attached hydrogens (tertiary/aromatic N) is 1. The van der Waals surface area contributed by atoms with Crippen LogP contribution in [0.4, 0.5) is 5.69 Å². The van der Waals surface area contributed by atoms with E-state index in [4.69, 9.17) is 4.74 Å². The topological polar surface area (TPSA) is 98.5 Å². The van der Waals surface area contributed by atoms with E-state index in [-0.39, 0.29) is 10.6 Å². The molecule has 0 bridgehead atoms. The van der Waals surface area contributed by atoms with Crippen molar-refractivity contribution in [3.63, 3.8) is 0 Å². The molecule has 7 nitrogen and oxygen atoms in total. The Hall–Kier alpha value is -2.45. The van der Waals surface area contributed by atoms with Gasteiger partial charge in [0.2, 0.25) is 10.0 Å². The summed E-state index contributed by atoms with van der Waals surface area (Å²) in [4.78, 5) is 10.2. The summed E-state index contributed by atoms with van der Waals surface area (Å²) in [5.41, 5.74) is 0.929. The Morgan fingerprint density at radius 3 is 2.33 bits per heavy atom. The molecule has 0 aliphatic carbocycles. The predicted molar refractivity (Wildman–Crippen MR) is 89.6 cm³/mol. The Kier molecular flexibility index (Phi) is 5.20. The molecule has 0 fully saturated rings. The summed E-state index contributed by atoms with van der Waals surface area (Å²) in [6.07, 6.45) is 0. The maximum Gasteiger partial charge on any atom is 0.273 e. The molecule has 0 aromatic heterocycles. The molecule has 0 radical (unpaired) electrons. The van der Waals surface area contributed by atoms with Gasteiger partial charge in [-0.3, -0.25) is 10.1 Å². The third-order valence-electron chi connectivity index (χ3n) is 3.64. The minimum Gasteiger partial charge on any atom is -0.497 e. The summed E-state index contributed by atoms with van der Waals surface area (Å²) < 4.78 is 32.5. The molecular formula is C16H18N2O5S. The number of benzene rings is 2. The fourth-order valence-corrected chi connectivity index (χ4v) is 3.47. The average Bonchev–Trinajstić information content (AvgIpc) is 2.54.